The fraction of sp³-hybridized carbons (Fsp3) is 1.00. The van der Waals surface area contributed by atoms with E-state index in [1.807, 2.05) is 4.90 Å². The summed E-state index contributed by atoms with van der Waals surface area (Å²) in [7, 11) is 0. The monoisotopic (exact) mass is 161 g/mol. The molecule has 1 heterocycles. The molecule has 0 aromatic carbocycles. The first-order valence-corrected chi connectivity index (χ1v) is 3.95. The lowest BCUT2D eigenvalue weighted by Gasteiger charge is -2.30. The van der Waals surface area contributed by atoms with Crippen molar-refractivity contribution in [3.05, 3.63) is 0 Å². The van der Waals surface area contributed by atoms with Crippen LogP contribution in [-0.2, 0) is 4.74 Å². The minimum atomic E-state index is -0.496. The molecule has 1 aliphatic rings. The highest BCUT2D eigenvalue weighted by Gasteiger charge is 2.17. The van der Waals surface area contributed by atoms with Gasteiger partial charge in [-0.3, -0.25) is 4.90 Å². The molecule has 0 spiro atoms. The SMILES string of the molecule is OCCC(O)N1CCOCC1. The average molecular weight is 161 g/mol. The first kappa shape index (κ1) is 8.93. The Morgan fingerprint density at radius 1 is 1.36 bits per heavy atom. The van der Waals surface area contributed by atoms with Gasteiger partial charge in [-0.2, -0.15) is 0 Å². The third-order valence-electron chi connectivity index (χ3n) is 1.85. The molecule has 0 amide bonds. The first-order chi connectivity index (χ1) is 5.34. The van der Waals surface area contributed by atoms with Gasteiger partial charge in [0.1, 0.15) is 6.23 Å². The highest BCUT2D eigenvalue weighted by molar-refractivity contribution is 4.64. The summed E-state index contributed by atoms with van der Waals surface area (Å²) in [4.78, 5) is 1.92. The Hall–Kier alpha value is -0.160. The Morgan fingerprint density at radius 3 is 2.55 bits per heavy atom. The molecule has 66 valence electrons. The van der Waals surface area contributed by atoms with Gasteiger partial charge in [0.15, 0.2) is 0 Å². The smallest absolute Gasteiger partial charge is 0.109 e. The molecule has 1 aliphatic heterocycles. The van der Waals surface area contributed by atoms with E-state index in [0.717, 1.165) is 13.1 Å². The molecule has 1 saturated heterocycles. The van der Waals surface area contributed by atoms with Crippen LogP contribution < -0.4 is 0 Å². The first-order valence-electron chi connectivity index (χ1n) is 3.95. The summed E-state index contributed by atoms with van der Waals surface area (Å²) in [6.07, 6.45) is -0.0658. The third kappa shape index (κ3) is 2.75. The predicted molar refractivity (Wildman–Crippen MR) is 40.1 cm³/mol. The maximum Gasteiger partial charge on any atom is 0.109 e. The zero-order valence-electron chi connectivity index (χ0n) is 6.57. The van der Waals surface area contributed by atoms with E-state index in [0.29, 0.717) is 19.6 Å². The Kier molecular flexibility index (Phi) is 3.79. The van der Waals surface area contributed by atoms with E-state index in [9.17, 15) is 5.11 Å². The van der Waals surface area contributed by atoms with Gasteiger partial charge in [-0.05, 0) is 0 Å². The molecule has 4 nitrogen and oxygen atoms in total. The Labute approximate surface area is 66.4 Å². The van der Waals surface area contributed by atoms with Crippen LogP contribution in [0.5, 0.6) is 0 Å². The lowest BCUT2D eigenvalue weighted by Crippen LogP contribution is -2.43. The molecule has 0 aliphatic carbocycles. The second-order valence-electron chi connectivity index (χ2n) is 2.64. The summed E-state index contributed by atoms with van der Waals surface area (Å²) in [6, 6.07) is 0. The summed E-state index contributed by atoms with van der Waals surface area (Å²) >= 11 is 0. The lowest BCUT2D eigenvalue weighted by atomic mass is 10.3. The number of rotatable bonds is 3. The van der Waals surface area contributed by atoms with Crippen molar-refractivity contribution in [3.8, 4) is 0 Å². The minimum absolute atomic E-state index is 0.0402. The Morgan fingerprint density at radius 2 is 2.00 bits per heavy atom. The van der Waals surface area contributed by atoms with Crippen molar-refractivity contribution in [3.63, 3.8) is 0 Å². The van der Waals surface area contributed by atoms with Gasteiger partial charge in [0.05, 0.1) is 13.2 Å². The van der Waals surface area contributed by atoms with Crippen LogP contribution in [-0.4, -0.2) is 54.3 Å². The maximum absolute atomic E-state index is 9.38. The summed E-state index contributed by atoms with van der Waals surface area (Å²) in [5.74, 6) is 0. The van der Waals surface area contributed by atoms with Crippen LogP contribution in [0.4, 0.5) is 0 Å². The van der Waals surface area contributed by atoms with Gasteiger partial charge in [-0.1, -0.05) is 0 Å². The molecular weight excluding hydrogens is 146 g/mol. The average Bonchev–Trinajstić information content (AvgIpc) is 2.07. The van der Waals surface area contributed by atoms with Gasteiger partial charge in [0.25, 0.3) is 0 Å². The number of aliphatic hydroxyl groups is 2. The van der Waals surface area contributed by atoms with Crippen LogP contribution >= 0.6 is 0 Å². The summed E-state index contributed by atoms with van der Waals surface area (Å²) in [6.45, 7) is 2.94. The second kappa shape index (κ2) is 4.66. The highest BCUT2D eigenvalue weighted by Crippen LogP contribution is 2.03. The van der Waals surface area contributed by atoms with Crippen molar-refractivity contribution in [2.45, 2.75) is 12.6 Å². The van der Waals surface area contributed by atoms with E-state index in [2.05, 4.69) is 0 Å². The van der Waals surface area contributed by atoms with Gasteiger partial charge in [0, 0.05) is 26.1 Å². The van der Waals surface area contributed by atoms with Gasteiger partial charge in [-0.25, -0.2) is 0 Å². The molecule has 0 radical (unpaired) electrons. The molecule has 4 heteroatoms. The van der Waals surface area contributed by atoms with Crippen LogP contribution in [0, 0.1) is 0 Å². The van der Waals surface area contributed by atoms with Crippen molar-refractivity contribution < 1.29 is 14.9 Å². The normalized spacial score (nSPS) is 23.5. The van der Waals surface area contributed by atoms with E-state index in [1.165, 1.54) is 0 Å². The summed E-state index contributed by atoms with van der Waals surface area (Å²) in [5.41, 5.74) is 0. The number of hydrogen-bond donors (Lipinski definition) is 2. The zero-order valence-corrected chi connectivity index (χ0v) is 6.57. The molecule has 1 unspecified atom stereocenters. The molecule has 0 bridgehead atoms. The Bertz CT molecular complexity index is 104. The highest BCUT2D eigenvalue weighted by atomic mass is 16.5. The van der Waals surface area contributed by atoms with Crippen LogP contribution in [0.3, 0.4) is 0 Å². The fourth-order valence-electron chi connectivity index (χ4n) is 1.17. The quantitative estimate of drug-likeness (QED) is 0.558. The molecule has 2 N–H and O–H groups in total. The number of ether oxygens (including phenoxy) is 1. The topological polar surface area (TPSA) is 52.9 Å². The zero-order chi connectivity index (χ0) is 8.10. The van der Waals surface area contributed by atoms with Crippen LogP contribution in [0.1, 0.15) is 6.42 Å². The summed E-state index contributed by atoms with van der Waals surface area (Å²) in [5, 5.41) is 17.9. The van der Waals surface area contributed by atoms with Gasteiger partial charge in [-0.15, -0.1) is 0 Å². The van der Waals surface area contributed by atoms with Crippen molar-refractivity contribution >= 4 is 0 Å². The number of morpholine rings is 1. The van der Waals surface area contributed by atoms with Gasteiger partial charge in [0.2, 0.25) is 0 Å². The number of nitrogens with zero attached hydrogens (tertiary/aromatic N) is 1. The van der Waals surface area contributed by atoms with E-state index >= 15 is 0 Å². The molecule has 1 rings (SSSR count). The number of hydrogen-bond acceptors (Lipinski definition) is 4. The third-order valence-corrected chi connectivity index (χ3v) is 1.85. The molecule has 1 atom stereocenters. The van der Waals surface area contributed by atoms with Crippen molar-refractivity contribution in [1.82, 2.24) is 4.90 Å². The van der Waals surface area contributed by atoms with Crippen LogP contribution in [0.15, 0.2) is 0 Å². The maximum atomic E-state index is 9.38. The van der Waals surface area contributed by atoms with Crippen molar-refractivity contribution in [1.29, 1.82) is 0 Å². The molecular formula is C7H15NO3. The molecule has 0 saturated carbocycles. The van der Waals surface area contributed by atoms with E-state index in [-0.39, 0.29) is 6.61 Å². The standard InChI is InChI=1S/C7H15NO3/c9-4-1-7(10)8-2-5-11-6-3-8/h7,9-10H,1-6H2. The van der Waals surface area contributed by atoms with Crippen LogP contribution in [0.2, 0.25) is 0 Å². The van der Waals surface area contributed by atoms with E-state index in [1.54, 1.807) is 0 Å². The largest absolute Gasteiger partial charge is 0.396 e. The Balaban J connectivity index is 2.21. The summed E-state index contributed by atoms with van der Waals surface area (Å²) < 4.78 is 5.11. The second-order valence-corrected chi connectivity index (χ2v) is 2.64. The van der Waals surface area contributed by atoms with E-state index < -0.39 is 6.23 Å². The van der Waals surface area contributed by atoms with Gasteiger partial charge >= 0.3 is 0 Å². The van der Waals surface area contributed by atoms with E-state index in [4.69, 9.17) is 9.84 Å². The van der Waals surface area contributed by atoms with Crippen LogP contribution in [0.25, 0.3) is 0 Å². The lowest BCUT2D eigenvalue weighted by molar-refractivity contribution is -0.0665. The molecule has 1 fully saturated rings. The predicted octanol–water partition coefficient (Wildman–Crippen LogP) is -0.981. The van der Waals surface area contributed by atoms with Gasteiger partial charge < -0.3 is 14.9 Å². The molecule has 0 aromatic rings. The number of aliphatic hydroxyl groups excluding tert-OH is 2. The fourth-order valence-corrected chi connectivity index (χ4v) is 1.17. The van der Waals surface area contributed by atoms with Crippen molar-refractivity contribution in [2.24, 2.45) is 0 Å². The molecule has 11 heavy (non-hydrogen) atoms. The minimum Gasteiger partial charge on any atom is -0.396 e. The van der Waals surface area contributed by atoms with Crippen molar-refractivity contribution in [2.75, 3.05) is 32.9 Å². The molecule has 0 aromatic heterocycles.